The molecule has 1 atom stereocenters. The molecule has 2 N–H and O–H groups in total. The standard InChI is InChI=1S/C17H22N2O3S2/c1-11(2)16(15-6-5-9-23-15)18-17(20)13-8-7-12(3)14(10-13)19-24(4,21)22/h5-11,16,19H,1-4H3,(H,18,20). The largest absolute Gasteiger partial charge is 0.344 e. The molecular weight excluding hydrogens is 344 g/mol. The molecule has 1 aromatic carbocycles. The van der Waals surface area contributed by atoms with Crippen LogP contribution in [0.3, 0.4) is 0 Å². The lowest BCUT2D eigenvalue weighted by molar-refractivity contribution is 0.0926. The van der Waals surface area contributed by atoms with Gasteiger partial charge in [-0.25, -0.2) is 8.42 Å². The fourth-order valence-electron chi connectivity index (χ4n) is 2.33. The van der Waals surface area contributed by atoms with Crippen molar-refractivity contribution in [2.45, 2.75) is 26.8 Å². The molecule has 0 saturated carbocycles. The summed E-state index contributed by atoms with van der Waals surface area (Å²) < 4.78 is 25.3. The molecule has 1 heterocycles. The molecule has 0 spiro atoms. The van der Waals surface area contributed by atoms with Crippen molar-refractivity contribution in [3.8, 4) is 0 Å². The molecule has 7 heteroatoms. The quantitative estimate of drug-likeness (QED) is 0.821. The normalized spacial score (nSPS) is 12.9. The molecule has 0 aliphatic rings. The number of rotatable bonds is 6. The van der Waals surface area contributed by atoms with Crippen LogP contribution < -0.4 is 10.0 Å². The fraction of sp³-hybridized carbons (Fsp3) is 0.353. The SMILES string of the molecule is Cc1ccc(C(=O)NC(c2cccs2)C(C)C)cc1NS(C)(=O)=O. The monoisotopic (exact) mass is 366 g/mol. The lowest BCUT2D eigenvalue weighted by Crippen LogP contribution is -2.31. The van der Waals surface area contributed by atoms with Crippen molar-refractivity contribution >= 4 is 33.0 Å². The van der Waals surface area contributed by atoms with Gasteiger partial charge >= 0.3 is 0 Å². The van der Waals surface area contributed by atoms with Crippen LogP contribution in [0.4, 0.5) is 5.69 Å². The molecule has 2 rings (SSSR count). The second-order valence-electron chi connectivity index (χ2n) is 6.11. The van der Waals surface area contributed by atoms with Crippen LogP contribution in [0.15, 0.2) is 35.7 Å². The molecule has 0 saturated heterocycles. The maximum atomic E-state index is 12.6. The number of nitrogens with one attached hydrogen (secondary N) is 2. The first-order valence-electron chi connectivity index (χ1n) is 7.60. The van der Waals surface area contributed by atoms with Gasteiger partial charge in [-0.3, -0.25) is 9.52 Å². The summed E-state index contributed by atoms with van der Waals surface area (Å²) in [5.74, 6) is 0.0188. The van der Waals surface area contributed by atoms with E-state index in [1.807, 2.05) is 17.5 Å². The Bertz CT molecular complexity index is 812. The Hall–Kier alpha value is -1.86. The molecule has 0 fully saturated rings. The smallest absolute Gasteiger partial charge is 0.251 e. The summed E-state index contributed by atoms with van der Waals surface area (Å²) in [6.07, 6.45) is 1.09. The number of carbonyl (C=O) groups is 1. The molecule has 24 heavy (non-hydrogen) atoms. The topological polar surface area (TPSA) is 75.3 Å². The van der Waals surface area contributed by atoms with Crippen molar-refractivity contribution in [2.24, 2.45) is 5.92 Å². The first-order chi connectivity index (χ1) is 11.2. The third kappa shape index (κ3) is 4.82. The summed E-state index contributed by atoms with van der Waals surface area (Å²) in [5, 5.41) is 5.02. The highest BCUT2D eigenvalue weighted by Crippen LogP contribution is 2.26. The molecule has 1 unspecified atom stereocenters. The first-order valence-corrected chi connectivity index (χ1v) is 10.4. The van der Waals surface area contributed by atoms with Crippen LogP contribution in [0, 0.1) is 12.8 Å². The van der Waals surface area contributed by atoms with E-state index >= 15 is 0 Å². The van der Waals surface area contributed by atoms with E-state index in [2.05, 4.69) is 23.9 Å². The van der Waals surface area contributed by atoms with Crippen LogP contribution in [0.25, 0.3) is 0 Å². The minimum Gasteiger partial charge on any atom is -0.344 e. The zero-order valence-corrected chi connectivity index (χ0v) is 15.8. The van der Waals surface area contributed by atoms with Crippen molar-refractivity contribution in [2.75, 3.05) is 11.0 Å². The summed E-state index contributed by atoms with van der Waals surface area (Å²) >= 11 is 1.60. The molecule has 1 aromatic heterocycles. The molecule has 0 bridgehead atoms. The third-order valence-electron chi connectivity index (χ3n) is 3.60. The van der Waals surface area contributed by atoms with Gasteiger partial charge in [0, 0.05) is 10.4 Å². The van der Waals surface area contributed by atoms with Crippen LogP contribution in [0.5, 0.6) is 0 Å². The van der Waals surface area contributed by atoms with Crippen LogP contribution in [-0.2, 0) is 10.0 Å². The molecule has 2 aromatic rings. The van der Waals surface area contributed by atoms with Gasteiger partial charge in [-0.15, -0.1) is 11.3 Å². The van der Waals surface area contributed by atoms with E-state index in [1.54, 1.807) is 36.5 Å². The Balaban J connectivity index is 2.24. The number of aryl methyl sites for hydroxylation is 1. The number of hydrogen-bond donors (Lipinski definition) is 2. The highest BCUT2D eigenvalue weighted by Gasteiger charge is 2.20. The second-order valence-corrected chi connectivity index (χ2v) is 8.84. The Morgan fingerprint density at radius 1 is 1.21 bits per heavy atom. The van der Waals surface area contributed by atoms with Gasteiger partial charge in [-0.1, -0.05) is 26.0 Å². The van der Waals surface area contributed by atoms with Crippen molar-refractivity contribution < 1.29 is 13.2 Å². The van der Waals surface area contributed by atoms with Crippen LogP contribution in [-0.4, -0.2) is 20.6 Å². The fourth-order valence-corrected chi connectivity index (χ4v) is 3.90. The number of carbonyl (C=O) groups excluding carboxylic acids is 1. The van der Waals surface area contributed by atoms with Gasteiger partial charge in [-0.2, -0.15) is 0 Å². The Morgan fingerprint density at radius 3 is 2.46 bits per heavy atom. The van der Waals surface area contributed by atoms with Gasteiger partial charge in [0.15, 0.2) is 0 Å². The molecular formula is C17H22N2O3S2. The minimum absolute atomic E-state index is 0.0786. The van der Waals surface area contributed by atoms with Gasteiger partial charge in [0.2, 0.25) is 10.0 Å². The minimum atomic E-state index is -3.39. The van der Waals surface area contributed by atoms with Gasteiger partial charge in [-0.05, 0) is 42.0 Å². The zero-order valence-electron chi connectivity index (χ0n) is 14.2. The molecule has 0 radical (unpaired) electrons. The first kappa shape index (κ1) is 18.5. The van der Waals surface area contributed by atoms with Crippen molar-refractivity contribution in [1.82, 2.24) is 5.32 Å². The second kappa shape index (κ2) is 7.36. The summed E-state index contributed by atoms with van der Waals surface area (Å²) in [6.45, 7) is 5.89. The van der Waals surface area contributed by atoms with Crippen molar-refractivity contribution in [3.63, 3.8) is 0 Å². The summed E-state index contributed by atoms with van der Waals surface area (Å²) in [4.78, 5) is 13.7. The maximum absolute atomic E-state index is 12.6. The van der Waals surface area contributed by atoms with Crippen LogP contribution in [0.1, 0.15) is 40.7 Å². The number of amides is 1. The van der Waals surface area contributed by atoms with E-state index < -0.39 is 10.0 Å². The van der Waals surface area contributed by atoms with Crippen molar-refractivity contribution in [3.05, 3.63) is 51.7 Å². The summed E-state index contributed by atoms with van der Waals surface area (Å²) in [6, 6.07) is 8.88. The van der Waals surface area contributed by atoms with E-state index in [4.69, 9.17) is 0 Å². The highest BCUT2D eigenvalue weighted by atomic mass is 32.2. The predicted molar refractivity (Wildman–Crippen MR) is 99.0 cm³/mol. The van der Waals surface area contributed by atoms with E-state index in [1.165, 1.54) is 0 Å². The summed E-state index contributed by atoms with van der Waals surface area (Å²) in [5.41, 5.74) is 1.60. The number of thiophene rings is 1. The van der Waals surface area contributed by atoms with Crippen LogP contribution in [0.2, 0.25) is 0 Å². The predicted octanol–water partition coefficient (Wildman–Crippen LogP) is 3.56. The Morgan fingerprint density at radius 2 is 1.92 bits per heavy atom. The number of sulfonamides is 1. The maximum Gasteiger partial charge on any atom is 0.251 e. The third-order valence-corrected chi connectivity index (χ3v) is 5.14. The Labute approximate surface area is 147 Å². The van der Waals surface area contributed by atoms with Gasteiger partial charge < -0.3 is 5.32 Å². The van der Waals surface area contributed by atoms with Gasteiger partial charge in [0.05, 0.1) is 18.0 Å². The zero-order chi connectivity index (χ0) is 17.9. The van der Waals surface area contributed by atoms with Crippen LogP contribution >= 0.6 is 11.3 Å². The Kier molecular flexibility index (Phi) is 5.66. The van der Waals surface area contributed by atoms with Crippen molar-refractivity contribution in [1.29, 1.82) is 0 Å². The van der Waals surface area contributed by atoms with Gasteiger partial charge in [0.25, 0.3) is 5.91 Å². The lowest BCUT2D eigenvalue weighted by Gasteiger charge is -2.21. The van der Waals surface area contributed by atoms with Gasteiger partial charge in [0.1, 0.15) is 0 Å². The molecule has 5 nitrogen and oxygen atoms in total. The van der Waals surface area contributed by atoms with E-state index in [9.17, 15) is 13.2 Å². The lowest BCUT2D eigenvalue weighted by atomic mass is 10.0. The number of hydrogen-bond acceptors (Lipinski definition) is 4. The molecule has 0 aliphatic heterocycles. The number of anilines is 1. The van der Waals surface area contributed by atoms with E-state index in [0.29, 0.717) is 11.3 Å². The molecule has 0 aliphatic carbocycles. The molecule has 130 valence electrons. The average molecular weight is 367 g/mol. The van der Waals surface area contributed by atoms with E-state index in [0.717, 1.165) is 16.7 Å². The number of benzene rings is 1. The highest BCUT2D eigenvalue weighted by molar-refractivity contribution is 7.92. The summed E-state index contributed by atoms with van der Waals surface area (Å²) in [7, 11) is -3.39. The molecule has 1 amide bonds. The average Bonchev–Trinajstić information content (AvgIpc) is 2.99. The van der Waals surface area contributed by atoms with E-state index in [-0.39, 0.29) is 17.9 Å².